The average Bonchev–Trinajstić information content (AvgIpc) is 2.47. The summed E-state index contributed by atoms with van der Waals surface area (Å²) in [6.45, 7) is 1.85. The highest BCUT2D eigenvalue weighted by Gasteiger charge is 2.19. The number of methoxy groups -OCH3 is 2. The molecule has 0 unspecified atom stereocenters. The van der Waals surface area contributed by atoms with Gasteiger partial charge in [-0.15, -0.1) is 12.4 Å². The van der Waals surface area contributed by atoms with Gasteiger partial charge in [-0.2, -0.15) is 0 Å². The van der Waals surface area contributed by atoms with E-state index >= 15 is 0 Å². The van der Waals surface area contributed by atoms with E-state index in [1.807, 2.05) is 0 Å². The van der Waals surface area contributed by atoms with Crippen molar-refractivity contribution in [2.75, 3.05) is 27.3 Å². The molecule has 6 heteroatoms. The maximum Gasteiger partial charge on any atom is 0.255 e. The summed E-state index contributed by atoms with van der Waals surface area (Å²) in [5.41, 5.74) is 0.536. The van der Waals surface area contributed by atoms with E-state index in [1.165, 1.54) is 0 Å². The van der Waals surface area contributed by atoms with Crippen LogP contribution in [0.2, 0.25) is 0 Å². The number of ether oxygens (including phenoxy) is 2. The Morgan fingerprint density at radius 1 is 1.35 bits per heavy atom. The van der Waals surface area contributed by atoms with Crippen molar-refractivity contribution in [1.29, 1.82) is 0 Å². The van der Waals surface area contributed by atoms with Gasteiger partial charge < -0.3 is 20.1 Å². The van der Waals surface area contributed by atoms with Gasteiger partial charge in [-0.05, 0) is 31.5 Å². The molecule has 0 bridgehead atoms. The summed E-state index contributed by atoms with van der Waals surface area (Å²) >= 11 is 0. The third-order valence-corrected chi connectivity index (χ3v) is 3.29. The molecule has 20 heavy (non-hydrogen) atoms. The smallest absolute Gasteiger partial charge is 0.255 e. The maximum absolute atomic E-state index is 12.2. The van der Waals surface area contributed by atoms with Crippen molar-refractivity contribution >= 4 is 18.3 Å². The van der Waals surface area contributed by atoms with Gasteiger partial charge in [0.25, 0.3) is 5.91 Å². The number of carbonyl (C=O) groups excluding carboxylic acids is 1. The van der Waals surface area contributed by atoms with E-state index in [0.29, 0.717) is 17.1 Å². The summed E-state index contributed by atoms with van der Waals surface area (Å²) in [5.74, 6) is 1.10. The number of nitrogens with one attached hydrogen (secondary N) is 2. The molecular weight excluding hydrogens is 280 g/mol. The average molecular weight is 301 g/mol. The minimum atomic E-state index is -0.104. The van der Waals surface area contributed by atoms with Gasteiger partial charge >= 0.3 is 0 Å². The van der Waals surface area contributed by atoms with Crippen LogP contribution >= 0.6 is 12.4 Å². The molecule has 1 heterocycles. The molecule has 0 saturated carbocycles. The Morgan fingerprint density at radius 3 is 2.75 bits per heavy atom. The summed E-state index contributed by atoms with van der Waals surface area (Å²) in [4.78, 5) is 12.2. The quantitative estimate of drug-likeness (QED) is 0.887. The minimum Gasteiger partial charge on any atom is -0.497 e. The summed E-state index contributed by atoms with van der Waals surface area (Å²) in [7, 11) is 3.13. The first-order chi connectivity index (χ1) is 9.24. The standard InChI is InChI=1S/C14H20N2O3.ClH/c1-18-11-5-6-12(13(8-11)19-2)14(17)16-10-4-3-7-15-9-10;/h5-6,8,10,15H,3-4,7,9H2,1-2H3,(H,16,17);1H/t10-;/m0./s1. The van der Waals surface area contributed by atoms with Crippen LogP contribution in [-0.4, -0.2) is 39.3 Å². The zero-order chi connectivity index (χ0) is 13.7. The lowest BCUT2D eigenvalue weighted by Gasteiger charge is -2.24. The number of rotatable bonds is 4. The SMILES string of the molecule is COc1ccc(C(=O)N[C@H]2CCCNC2)c(OC)c1.Cl. The van der Waals surface area contributed by atoms with E-state index in [9.17, 15) is 4.79 Å². The van der Waals surface area contributed by atoms with Gasteiger partial charge in [-0.3, -0.25) is 4.79 Å². The molecule has 1 fully saturated rings. The molecule has 0 aliphatic carbocycles. The van der Waals surface area contributed by atoms with Crippen LogP contribution < -0.4 is 20.1 Å². The minimum absolute atomic E-state index is 0. The Balaban J connectivity index is 0.00000200. The molecule has 1 aliphatic heterocycles. The molecule has 5 nitrogen and oxygen atoms in total. The van der Waals surface area contributed by atoms with Gasteiger partial charge in [0, 0.05) is 18.7 Å². The van der Waals surface area contributed by atoms with E-state index in [2.05, 4.69) is 10.6 Å². The Labute approximate surface area is 125 Å². The molecule has 0 spiro atoms. The van der Waals surface area contributed by atoms with Crippen molar-refractivity contribution in [3.63, 3.8) is 0 Å². The molecule has 1 saturated heterocycles. The van der Waals surface area contributed by atoms with Crippen LogP contribution in [0.3, 0.4) is 0 Å². The largest absolute Gasteiger partial charge is 0.497 e. The van der Waals surface area contributed by atoms with Crippen LogP contribution in [0.15, 0.2) is 18.2 Å². The molecule has 1 aromatic rings. The zero-order valence-electron chi connectivity index (χ0n) is 11.8. The lowest BCUT2D eigenvalue weighted by molar-refractivity contribution is 0.0927. The Hall–Kier alpha value is -1.46. The third-order valence-electron chi connectivity index (χ3n) is 3.29. The van der Waals surface area contributed by atoms with Crippen LogP contribution in [0, 0.1) is 0 Å². The molecule has 0 aromatic heterocycles. The van der Waals surface area contributed by atoms with Gasteiger partial charge in [-0.1, -0.05) is 0 Å². The number of carbonyl (C=O) groups is 1. The molecule has 1 aromatic carbocycles. The van der Waals surface area contributed by atoms with Crippen molar-refractivity contribution in [3.05, 3.63) is 23.8 Å². The van der Waals surface area contributed by atoms with E-state index in [0.717, 1.165) is 25.9 Å². The Bertz CT molecular complexity index is 448. The number of hydrogen-bond donors (Lipinski definition) is 2. The van der Waals surface area contributed by atoms with Gasteiger partial charge in [-0.25, -0.2) is 0 Å². The zero-order valence-corrected chi connectivity index (χ0v) is 12.6. The molecule has 0 radical (unpaired) electrons. The first-order valence-electron chi connectivity index (χ1n) is 6.48. The summed E-state index contributed by atoms with van der Waals surface area (Å²) in [6, 6.07) is 5.39. The highest BCUT2D eigenvalue weighted by Crippen LogP contribution is 2.24. The first-order valence-corrected chi connectivity index (χ1v) is 6.48. The van der Waals surface area contributed by atoms with E-state index in [1.54, 1.807) is 32.4 Å². The molecular formula is C14H21ClN2O3. The van der Waals surface area contributed by atoms with Crippen LogP contribution in [0.1, 0.15) is 23.2 Å². The first kappa shape index (κ1) is 16.6. The number of piperidine rings is 1. The van der Waals surface area contributed by atoms with E-state index < -0.39 is 0 Å². The van der Waals surface area contributed by atoms with Gasteiger partial charge in [0.2, 0.25) is 0 Å². The van der Waals surface area contributed by atoms with E-state index in [4.69, 9.17) is 9.47 Å². The lowest BCUT2D eigenvalue weighted by atomic mass is 10.1. The molecule has 2 N–H and O–H groups in total. The number of hydrogen-bond acceptors (Lipinski definition) is 4. The van der Waals surface area contributed by atoms with Crippen LogP contribution in [0.5, 0.6) is 11.5 Å². The van der Waals surface area contributed by atoms with Gasteiger partial charge in [0.1, 0.15) is 11.5 Å². The van der Waals surface area contributed by atoms with Crippen LogP contribution in [-0.2, 0) is 0 Å². The number of halogens is 1. The maximum atomic E-state index is 12.2. The highest BCUT2D eigenvalue weighted by atomic mass is 35.5. The molecule has 1 aliphatic rings. The van der Waals surface area contributed by atoms with Crippen LogP contribution in [0.25, 0.3) is 0 Å². The molecule has 112 valence electrons. The second-order valence-corrected chi connectivity index (χ2v) is 4.58. The fraction of sp³-hybridized carbons (Fsp3) is 0.500. The molecule has 1 atom stereocenters. The van der Waals surface area contributed by atoms with Crippen molar-refractivity contribution in [1.82, 2.24) is 10.6 Å². The summed E-state index contributed by atoms with van der Waals surface area (Å²) in [6.07, 6.45) is 2.10. The topological polar surface area (TPSA) is 59.6 Å². The monoisotopic (exact) mass is 300 g/mol. The summed E-state index contributed by atoms with van der Waals surface area (Å²) in [5, 5.41) is 6.30. The highest BCUT2D eigenvalue weighted by molar-refractivity contribution is 5.97. The second kappa shape index (κ2) is 7.97. The molecule has 1 amide bonds. The lowest BCUT2D eigenvalue weighted by Crippen LogP contribution is -2.45. The second-order valence-electron chi connectivity index (χ2n) is 4.58. The van der Waals surface area contributed by atoms with Crippen molar-refractivity contribution in [3.8, 4) is 11.5 Å². The fourth-order valence-corrected chi connectivity index (χ4v) is 2.22. The van der Waals surface area contributed by atoms with E-state index in [-0.39, 0.29) is 24.4 Å². The predicted octanol–water partition coefficient (Wildman–Crippen LogP) is 1.61. The van der Waals surface area contributed by atoms with Gasteiger partial charge in [0.15, 0.2) is 0 Å². The molecule has 2 rings (SSSR count). The number of amides is 1. The summed E-state index contributed by atoms with van der Waals surface area (Å²) < 4.78 is 10.4. The normalized spacial score (nSPS) is 17.8. The Morgan fingerprint density at radius 2 is 2.15 bits per heavy atom. The van der Waals surface area contributed by atoms with Crippen LogP contribution in [0.4, 0.5) is 0 Å². The fourth-order valence-electron chi connectivity index (χ4n) is 2.22. The van der Waals surface area contributed by atoms with Crippen molar-refractivity contribution < 1.29 is 14.3 Å². The Kier molecular flexibility index (Phi) is 6.61. The number of benzene rings is 1. The predicted molar refractivity (Wildman–Crippen MR) is 80.2 cm³/mol. The van der Waals surface area contributed by atoms with Crippen molar-refractivity contribution in [2.24, 2.45) is 0 Å². The van der Waals surface area contributed by atoms with Crippen molar-refractivity contribution in [2.45, 2.75) is 18.9 Å². The van der Waals surface area contributed by atoms with Gasteiger partial charge in [0.05, 0.1) is 19.8 Å². The third kappa shape index (κ3) is 4.02.